The largest absolute Gasteiger partial charge is 0.396 e. The van der Waals surface area contributed by atoms with Crippen molar-refractivity contribution >= 4 is 17.2 Å². The summed E-state index contributed by atoms with van der Waals surface area (Å²) in [4.78, 5) is 15.6. The van der Waals surface area contributed by atoms with E-state index in [0.717, 1.165) is 35.6 Å². The van der Waals surface area contributed by atoms with E-state index in [0.29, 0.717) is 0 Å². The van der Waals surface area contributed by atoms with Crippen molar-refractivity contribution in [1.82, 2.24) is 4.90 Å². The van der Waals surface area contributed by atoms with Crippen LogP contribution in [0.3, 0.4) is 0 Å². The summed E-state index contributed by atoms with van der Waals surface area (Å²) in [5, 5.41) is 8.64. The van der Waals surface area contributed by atoms with Crippen LogP contribution in [0.15, 0.2) is 12.1 Å². The van der Waals surface area contributed by atoms with E-state index in [4.69, 9.17) is 5.11 Å². The van der Waals surface area contributed by atoms with E-state index in [9.17, 15) is 4.79 Å². The first kappa shape index (κ1) is 13.2. The first-order valence-corrected chi connectivity index (χ1v) is 6.39. The molecule has 0 bridgehead atoms. The zero-order valence-corrected chi connectivity index (χ0v) is 10.7. The highest BCUT2D eigenvalue weighted by Gasteiger charge is 2.12. The molecule has 0 radical (unpaired) electrons. The van der Waals surface area contributed by atoms with Crippen molar-refractivity contribution in [3.05, 3.63) is 21.9 Å². The lowest BCUT2D eigenvalue weighted by atomic mass is 10.2. The van der Waals surface area contributed by atoms with Crippen molar-refractivity contribution < 1.29 is 9.90 Å². The molecule has 0 unspecified atom stereocenters. The monoisotopic (exact) mass is 241 g/mol. The Morgan fingerprint density at radius 2 is 2.12 bits per heavy atom. The molecular formula is C12H19NO2S. The van der Waals surface area contributed by atoms with Crippen LogP contribution < -0.4 is 0 Å². The maximum Gasteiger partial charge on any atom is 0.263 e. The molecule has 0 spiro atoms. The number of thiophene rings is 1. The van der Waals surface area contributed by atoms with Crippen molar-refractivity contribution in [3.8, 4) is 0 Å². The topological polar surface area (TPSA) is 40.5 Å². The average molecular weight is 241 g/mol. The zero-order chi connectivity index (χ0) is 12.0. The van der Waals surface area contributed by atoms with Crippen LogP contribution in [0.1, 0.15) is 33.8 Å². The molecule has 1 rings (SSSR count). The third-order valence-electron chi connectivity index (χ3n) is 2.45. The molecule has 1 heterocycles. The first-order chi connectivity index (χ1) is 7.65. The van der Waals surface area contributed by atoms with Crippen molar-refractivity contribution in [1.29, 1.82) is 0 Å². The standard InChI is InChI=1S/C12H19NO2S/c1-10-6-7-11(16-10)12(15)13(2)8-4-3-5-9-14/h6-7,14H,3-5,8-9H2,1-2H3. The fraction of sp³-hybridized carbons (Fsp3) is 0.583. The van der Waals surface area contributed by atoms with Crippen LogP contribution in [-0.4, -0.2) is 36.1 Å². The van der Waals surface area contributed by atoms with Gasteiger partial charge in [0.1, 0.15) is 0 Å². The van der Waals surface area contributed by atoms with Gasteiger partial charge in [-0.3, -0.25) is 4.79 Å². The van der Waals surface area contributed by atoms with Gasteiger partial charge in [0.2, 0.25) is 0 Å². The van der Waals surface area contributed by atoms with Gasteiger partial charge in [0, 0.05) is 25.1 Å². The number of carbonyl (C=O) groups excluding carboxylic acids is 1. The van der Waals surface area contributed by atoms with Gasteiger partial charge in [-0.1, -0.05) is 0 Å². The molecule has 0 aliphatic heterocycles. The predicted molar refractivity (Wildman–Crippen MR) is 67.0 cm³/mol. The van der Waals surface area contributed by atoms with Gasteiger partial charge in [0.15, 0.2) is 0 Å². The Bertz CT molecular complexity index is 336. The summed E-state index contributed by atoms with van der Waals surface area (Å²) in [5.74, 6) is 0.0992. The SMILES string of the molecule is Cc1ccc(C(=O)N(C)CCCCCO)s1. The molecule has 0 saturated heterocycles. The normalized spacial score (nSPS) is 10.4. The van der Waals surface area contributed by atoms with Crippen LogP contribution in [0.4, 0.5) is 0 Å². The third-order valence-corrected chi connectivity index (χ3v) is 3.44. The minimum atomic E-state index is 0.0992. The number of carbonyl (C=O) groups is 1. The summed E-state index contributed by atoms with van der Waals surface area (Å²) in [7, 11) is 1.83. The molecule has 3 nitrogen and oxygen atoms in total. The summed E-state index contributed by atoms with van der Waals surface area (Å²) < 4.78 is 0. The highest BCUT2D eigenvalue weighted by atomic mass is 32.1. The summed E-state index contributed by atoms with van der Waals surface area (Å²) in [6, 6.07) is 3.85. The summed E-state index contributed by atoms with van der Waals surface area (Å²) in [6.07, 6.45) is 2.74. The average Bonchev–Trinajstić information content (AvgIpc) is 2.70. The van der Waals surface area contributed by atoms with E-state index < -0.39 is 0 Å². The number of aliphatic hydroxyl groups is 1. The lowest BCUT2D eigenvalue weighted by Crippen LogP contribution is -2.27. The molecule has 1 N–H and O–H groups in total. The van der Waals surface area contributed by atoms with E-state index in [1.807, 2.05) is 26.1 Å². The number of nitrogens with zero attached hydrogens (tertiary/aromatic N) is 1. The maximum atomic E-state index is 11.9. The van der Waals surface area contributed by atoms with Gasteiger partial charge in [-0.05, 0) is 38.3 Å². The number of rotatable bonds is 6. The Kier molecular flexibility index (Phi) is 5.49. The molecule has 4 heteroatoms. The molecule has 0 aliphatic carbocycles. The van der Waals surface area contributed by atoms with Gasteiger partial charge in [-0.25, -0.2) is 0 Å². The molecule has 1 aromatic rings. The van der Waals surface area contributed by atoms with Crippen molar-refractivity contribution in [3.63, 3.8) is 0 Å². The fourth-order valence-corrected chi connectivity index (χ4v) is 2.34. The fourth-order valence-electron chi connectivity index (χ4n) is 1.48. The second-order valence-corrected chi connectivity index (χ2v) is 5.21. The summed E-state index contributed by atoms with van der Waals surface area (Å²) in [5.41, 5.74) is 0. The molecule has 1 aromatic heterocycles. The molecular weight excluding hydrogens is 222 g/mol. The third kappa shape index (κ3) is 3.94. The minimum Gasteiger partial charge on any atom is -0.396 e. The second-order valence-electron chi connectivity index (χ2n) is 3.92. The molecule has 1 amide bonds. The van der Waals surface area contributed by atoms with Crippen molar-refractivity contribution in [2.75, 3.05) is 20.2 Å². The van der Waals surface area contributed by atoms with Crippen molar-refractivity contribution in [2.24, 2.45) is 0 Å². The molecule has 90 valence electrons. The highest BCUT2D eigenvalue weighted by Crippen LogP contribution is 2.16. The number of hydrogen-bond acceptors (Lipinski definition) is 3. The minimum absolute atomic E-state index is 0.0992. The van der Waals surface area contributed by atoms with Crippen LogP contribution in [0, 0.1) is 6.92 Å². The number of aryl methyl sites for hydroxylation is 1. The van der Waals surface area contributed by atoms with E-state index in [1.54, 1.807) is 4.90 Å². The Balaban J connectivity index is 2.36. The molecule has 0 fully saturated rings. The molecule has 0 saturated carbocycles. The van der Waals surface area contributed by atoms with Gasteiger partial charge >= 0.3 is 0 Å². The molecule has 0 atom stereocenters. The molecule has 16 heavy (non-hydrogen) atoms. The van der Waals surface area contributed by atoms with E-state index >= 15 is 0 Å². The quantitative estimate of drug-likeness (QED) is 0.776. The van der Waals surface area contributed by atoms with Gasteiger partial charge < -0.3 is 10.0 Å². The Labute approximate surface area is 101 Å². The van der Waals surface area contributed by atoms with Gasteiger partial charge in [0.05, 0.1) is 4.88 Å². The zero-order valence-electron chi connectivity index (χ0n) is 9.90. The number of unbranched alkanes of at least 4 members (excludes halogenated alkanes) is 2. The summed E-state index contributed by atoms with van der Waals surface area (Å²) >= 11 is 1.54. The summed E-state index contributed by atoms with van der Waals surface area (Å²) in [6.45, 7) is 3.00. The van der Waals surface area contributed by atoms with Crippen LogP contribution in [-0.2, 0) is 0 Å². The van der Waals surface area contributed by atoms with E-state index in [1.165, 1.54) is 11.3 Å². The van der Waals surface area contributed by atoms with Gasteiger partial charge in [-0.2, -0.15) is 0 Å². The predicted octanol–water partition coefficient (Wildman–Crippen LogP) is 2.29. The lowest BCUT2D eigenvalue weighted by molar-refractivity contribution is 0.0797. The molecule has 0 aromatic carbocycles. The van der Waals surface area contributed by atoms with Gasteiger partial charge in [-0.15, -0.1) is 11.3 Å². The number of aliphatic hydroxyl groups excluding tert-OH is 1. The Morgan fingerprint density at radius 1 is 1.38 bits per heavy atom. The van der Waals surface area contributed by atoms with E-state index in [2.05, 4.69) is 0 Å². The molecule has 0 aliphatic rings. The Hall–Kier alpha value is -0.870. The lowest BCUT2D eigenvalue weighted by Gasteiger charge is -2.15. The van der Waals surface area contributed by atoms with Crippen LogP contribution >= 0.6 is 11.3 Å². The maximum absolute atomic E-state index is 11.9. The number of amides is 1. The van der Waals surface area contributed by atoms with Crippen LogP contribution in [0.25, 0.3) is 0 Å². The smallest absolute Gasteiger partial charge is 0.263 e. The van der Waals surface area contributed by atoms with E-state index in [-0.39, 0.29) is 12.5 Å². The van der Waals surface area contributed by atoms with Crippen LogP contribution in [0.2, 0.25) is 0 Å². The van der Waals surface area contributed by atoms with Crippen LogP contribution in [0.5, 0.6) is 0 Å². The highest BCUT2D eigenvalue weighted by molar-refractivity contribution is 7.13. The van der Waals surface area contributed by atoms with Crippen molar-refractivity contribution in [2.45, 2.75) is 26.2 Å². The first-order valence-electron chi connectivity index (χ1n) is 5.58. The number of hydrogen-bond donors (Lipinski definition) is 1. The van der Waals surface area contributed by atoms with Gasteiger partial charge in [0.25, 0.3) is 5.91 Å². The second kappa shape index (κ2) is 6.66. The Morgan fingerprint density at radius 3 is 2.69 bits per heavy atom.